The van der Waals surface area contributed by atoms with Crippen LogP contribution in [0, 0.1) is 5.41 Å². The van der Waals surface area contributed by atoms with Crippen LogP contribution >= 0.6 is 23.2 Å². The lowest BCUT2D eigenvalue weighted by Gasteiger charge is -2.39. The van der Waals surface area contributed by atoms with Crippen LogP contribution in [0.2, 0.25) is 5.02 Å². The molecule has 0 bridgehead atoms. The second kappa shape index (κ2) is 4.99. The Morgan fingerprint density at radius 2 is 2.16 bits per heavy atom. The van der Waals surface area contributed by atoms with Gasteiger partial charge in [0.05, 0.1) is 10.5 Å². The van der Waals surface area contributed by atoms with Gasteiger partial charge in [0.15, 0.2) is 0 Å². The molecule has 0 radical (unpaired) electrons. The van der Waals surface area contributed by atoms with Crippen LogP contribution in [0.5, 0.6) is 0 Å². The highest BCUT2D eigenvalue weighted by molar-refractivity contribution is 6.34. The first-order valence-electron chi connectivity index (χ1n) is 6.83. The van der Waals surface area contributed by atoms with E-state index in [1.54, 1.807) is 0 Å². The molecule has 2 aromatic rings. The minimum absolute atomic E-state index is 0.414. The van der Waals surface area contributed by atoms with E-state index >= 15 is 0 Å². The molecule has 0 N–H and O–H groups in total. The highest BCUT2D eigenvalue weighted by Gasteiger charge is 2.33. The Balaban J connectivity index is 2.08. The molecule has 1 heterocycles. The molecule has 1 saturated carbocycles. The van der Waals surface area contributed by atoms with Crippen molar-refractivity contribution >= 4 is 34.2 Å². The molecular weight excluding hydrogens is 279 g/mol. The second-order valence-electron chi connectivity index (χ2n) is 5.82. The zero-order chi connectivity index (χ0) is 13.5. The lowest BCUT2D eigenvalue weighted by atomic mass is 9.70. The van der Waals surface area contributed by atoms with Gasteiger partial charge in [-0.25, -0.2) is 4.98 Å². The third kappa shape index (κ3) is 2.36. The lowest BCUT2D eigenvalue weighted by Crippen LogP contribution is -2.31. The molecule has 0 atom stereocenters. The smallest absolute Gasteiger partial charge is 0.111 e. The van der Waals surface area contributed by atoms with Gasteiger partial charge in [-0.05, 0) is 30.4 Å². The van der Waals surface area contributed by atoms with Gasteiger partial charge in [0.25, 0.3) is 0 Å². The van der Waals surface area contributed by atoms with Crippen LogP contribution in [0.15, 0.2) is 18.2 Å². The zero-order valence-electron chi connectivity index (χ0n) is 11.1. The number of aryl methyl sites for hydroxylation is 1. The minimum Gasteiger partial charge on any atom is -0.327 e. The van der Waals surface area contributed by atoms with Crippen molar-refractivity contribution in [2.24, 2.45) is 5.41 Å². The van der Waals surface area contributed by atoms with Crippen molar-refractivity contribution in [1.82, 2.24) is 9.55 Å². The molecule has 2 nitrogen and oxygen atoms in total. The average molecular weight is 297 g/mol. The maximum atomic E-state index is 6.25. The molecule has 1 aliphatic rings. The van der Waals surface area contributed by atoms with E-state index < -0.39 is 0 Å². The molecular formula is C15H18Cl2N2. The summed E-state index contributed by atoms with van der Waals surface area (Å²) in [6.45, 7) is 3.38. The van der Waals surface area contributed by atoms with Crippen LogP contribution in [0.4, 0.5) is 0 Å². The van der Waals surface area contributed by atoms with Crippen LogP contribution in [0.1, 0.15) is 32.0 Å². The molecule has 1 fully saturated rings. The first-order valence-corrected chi connectivity index (χ1v) is 7.74. The van der Waals surface area contributed by atoms with E-state index in [1.807, 2.05) is 12.1 Å². The van der Waals surface area contributed by atoms with E-state index in [1.165, 1.54) is 19.3 Å². The SMILES string of the molecule is CC1(Cn2c(CCCl)nc3c(Cl)cccc32)CCC1. The summed E-state index contributed by atoms with van der Waals surface area (Å²) in [5, 5.41) is 0.728. The predicted molar refractivity (Wildman–Crippen MR) is 81.1 cm³/mol. The van der Waals surface area contributed by atoms with E-state index in [0.29, 0.717) is 11.3 Å². The maximum Gasteiger partial charge on any atom is 0.111 e. The molecule has 102 valence electrons. The number of aromatic nitrogens is 2. The first-order chi connectivity index (χ1) is 9.13. The van der Waals surface area contributed by atoms with Crippen molar-refractivity contribution in [3.8, 4) is 0 Å². The summed E-state index contributed by atoms with van der Waals surface area (Å²) in [5.41, 5.74) is 2.46. The van der Waals surface area contributed by atoms with Crippen molar-refractivity contribution in [3.63, 3.8) is 0 Å². The van der Waals surface area contributed by atoms with Crippen LogP contribution in [0.25, 0.3) is 11.0 Å². The van der Waals surface area contributed by atoms with Gasteiger partial charge < -0.3 is 4.57 Å². The number of hydrogen-bond acceptors (Lipinski definition) is 1. The fourth-order valence-corrected chi connectivity index (χ4v) is 3.31. The van der Waals surface area contributed by atoms with Crippen molar-refractivity contribution in [2.75, 3.05) is 5.88 Å². The molecule has 0 aliphatic heterocycles. The number of fused-ring (bicyclic) bond motifs is 1. The molecule has 3 rings (SSSR count). The van der Waals surface area contributed by atoms with Crippen molar-refractivity contribution in [3.05, 3.63) is 29.0 Å². The van der Waals surface area contributed by atoms with Crippen LogP contribution in [0.3, 0.4) is 0 Å². The van der Waals surface area contributed by atoms with Crippen molar-refractivity contribution in [2.45, 2.75) is 39.2 Å². The van der Waals surface area contributed by atoms with Gasteiger partial charge in [-0.2, -0.15) is 0 Å². The quantitative estimate of drug-likeness (QED) is 0.750. The Morgan fingerprint density at radius 3 is 2.79 bits per heavy atom. The summed E-state index contributed by atoms with van der Waals surface area (Å²) in [5.74, 6) is 1.66. The molecule has 1 aromatic heterocycles. The number of alkyl halides is 1. The highest BCUT2D eigenvalue weighted by atomic mass is 35.5. The van der Waals surface area contributed by atoms with Crippen LogP contribution in [-0.4, -0.2) is 15.4 Å². The molecule has 0 saturated heterocycles. The Labute approximate surface area is 123 Å². The van der Waals surface area contributed by atoms with Gasteiger partial charge in [0, 0.05) is 18.8 Å². The van der Waals surface area contributed by atoms with Gasteiger partial charge in [-0.15, -0.1) is 11.6 Å². The summed E-state index contributed by atoms with van der Waals surface area (Å²) < 4.78 is 2.32. The fraction of sp³-hybridized carbons (Fsp3) is 0.533. The molecule has 19 heavy (non-hydrogen) atoms. The number of rotatable bonds is 4. The van der Waals surface area contributed by atoms with E-state index in [-0.39, 0.29) is 0 Å². The van der Waals surface area contributed by atoms with E-state index in [0.717, 1.165) is 34.8 Å². The average Bonchev–Trinajstić information content (AvgIpc) is 2.68. The highest BCUT2D eigenvalue weighted by Crippen LogP contribution is 2.42. The summed E-state index contributed by atoms with van der Waals surface area (Å²) >= 11 is 12.2. The fourth-order valence-electron chi connectivity index (χ4n) is 2.93. The number of imidazole rings is 1. The standard InChI is InChI=1S/C15H18Cl2N2/c1-15(7-3-8-15)10-19-12-5-2-4-11(17)14(12)18-13(19)6-9-16/h2,4-5H,3,6-10H2,1H3. The summed E-state index contributed by atoms with van der Waals surface area (Å²) in [6, 6.07) is 6.00. The Hall–Kier alpha value is -0.730. The first kappa shape index (κ1) is 13.3. The largest absolute Gasteiger partial charge is 0.327 e. The molecule has 0 spiro atoms. The molecule has 0 amide bonds. The Morgan fingerprint density at radius 1 is 1.37 bits per heavy atom. The van der Waals surface area contributed by atoms with Crippen molar-refractivity contribution in [1.29, 1.82) is 0 Å². The van der Waals surface area contributed by atoms with Gasteiger partial charge in [0.1, 0.15) is 11.3 Å². The molecule has 1 aromatic carbocycles. The number of benzene rings is 1. The molecule has 1 aliphatic carbocycles. The third-order valence-corrected chi connectivity index (χ3v) is 4.72. The van der Waals surface area contributed by atoms with Crippen molar-refractivity contribution < 1.29 is 0 Å². The van der Waals surface area contributed by atoms with Crippen LogP contribution in [-0.2, 0) is 13.0 Å². The normalized spacial score (nSPS) is 17.6. The summed E-state index contributed by atoms with van der Waals surface area (Å²) in [7, 11) is 0. The Kier molecular flexibility index (Phi) is 3.48. The third-order valence-electron chi connectivity index (χ3n) is 4.23. The van der Waals surface area contributed by atoms with Gasteiger partial charge in [0.2, 0.25) is 0 Å². The number of halogens is 2. The monoisotopic (exact) mass is 296 g/mol. The van der Waals surface area contributed by atoms with Crippen LogP contribution < -0.4 is 0 Å². The summed E-state index contributed by atoms with van der Waals surface area (Å²) in [4.78, 5) is 4.69. The second-order valence-corrected chi connectivity index (χ2v) is 6.61. The molecule has 0 unspecified atom stereocenters. The Bertz CT molecular complexity index is 599. The zero-order valence-corrected chi connectivity index (χ0v) is 12.6. The van der Waals surface area contributed by atoms with Gasteiger partial charge in [-0.1, -0.05) is 31.0 Å². The van der Waals surface area contributed by atoms with Gasteiger partial charge >= 0.3 is 0 Å². The lowest BCUT2D eigenvalue weighted by molar-refractivity contribution is 0.132. The van der Waals surface area contributed by atoms with E-state index in [2.05, 4.69) is 17.6 Å². The van der Waals surface area contributed by atoms with E-state index in [9.17, 15) is 0 Å². The minimum atomic E-state index is 0.414. The molecule has 4 heteroatoms. The van der Waals surface area contributed by atoms with E-state index in [4.69, 9.17) is 28.2 Å². The topological polar surface area (TPSA) is 17.8 Å². The number of nitrogens with zero attached hydrogens (tertiary/aromatic N) is 2. The predicted octanol–water partition coefficient (Wildman–Crippen LogP) is 4.66. The summed E-state index contributed by atoms with van der Waals surface area (Å²) in [6.07, 6.45) is 4.73. The maximum absolute atomic E-state index is 6.25. The number of para-hydroxylation sites is 1. The number of hydrogen-bond donors (Lipinski definition) is 0. The van der Waals surface area contributed by atoms with Gasteiger partial charge in [-0.3, -0.25) is 0 Å².